The van der Waals surface area contributed by atoms with Gasteiger partial charge in [-0.3, -0.25) is 4.79 Å². The number of carbonyl (C=O) groups excluding carboxylic acids is 1. The first-order valence-corrected chi connectivity index (χ1v) is 12.1. The number of nitrogens with one attached hydrogen (secondary N) is 2. The van der Waals surface area contributed by atoms with E-state index < -0.39 is 10.0 Å². The number of carbonyl (C=O) groups is 1. The number of amides is 1. The molecule has 0 atom stereocenters. The minimum atomic E-state index is -3.23. The molecule has 3 rings (SSSR count). The second-order valence-electron chi connectivity index (χ2n) is 6.81. The number of ether oxygens (including phenoxy) is 1. The molecule has 0 saturated heterocycles. The second-order valence-corrected chi connectivity index (χ2v) is 9.56. The third-order valence-electron chi connectivity index (χ3n) is 4.61. The van der Waals surface area contributed by atoms with Crippen LogP contribution in [0.1, 0.15) is 26.4 Å². The van der Waals surface area contributed by atoms with Crippen molar-refractivity contribution >= 4 is 38.4 Å². The Morgan fingerprint density at radius 3 is 2.83 bits per heavy atom. The van der Waals surface area contributed by atoms with E-state index in [1.54, 1.807) is 7.11 Å². The third kappa shape index (κ3) is 5.27. The van der Waals surface area contributed by atoms with E-state index in [1.165, 1.54) is 11.3 Å². The summed E-state index contributed by atoms with van der Waals surface area (Å²) in [5.41, 5.74) is 4.11. The van der Waals surface area contributed by atoms with E-state index in [9.17, 15) is 13.2 Å². The van der Waals surface area contributed by atoms with Crippen molar-refractivity contribution in [3.8, 4) is 0 Å². The van der Waals surface area contributed by atoms with E-state index in [0.29, 0.717) is 35.7 Å². The zero-order valence-corrected chi connectivity index (χ0v) is 18.5. The van der Waals surface area contributed by atoms with E-state index in [4.69, 9.17) is 4.74 Å². The quantitative estimate of drug-likeness (QED) is 0.717. The van der Waals surface area contributed by atoms with Crippen molar-refractivity contribution in [3.05, 3.63) is 81.8 Å². The van der Waals surface area contributed by atoms with Crippen molar-refractivity contribution in [2.24, 2.45) is 0 Å². The third-order valence-corrected chi connectivity index (χ3v) is 6.25. The molecular formula is C22H24N2O4S2. The largest absolute Gasteiger partial charge is 0.496 e. The molecule has 2 N–H and O–H groups in total. The molecule has 1 aromatic heterocycles. The highest BCUT2D eigenvalue weighted by atomic mass is 32.2. The smallest absolute Gasteiger partial charge is 0.262 e. The fourth-order valence-electron chi connectivity index (χ4n) is 3.24. The van der Waals surface area contributed by atoms with Crippen molar-refractivity contribution < 1.29 is 17.9 Å². The van der Waals surface area contributed by atoms with Crippen LogP contribution in [-0.4, -0.2) is 40.8 Å². The van der Waals surface area contributed by atoms with Gasteiger partial charge in [0.2, 0.25) is 10.0 Å². The molecule has 6 nitrogen and oxygen atoms in total. The summed E-state index contributed by atoms with van der Waals surface area (Å²) >= 11 is 1.37. The molecule has 158 valence electrons. The van der Waals surface area contributed by atoms with Gasteiger partial charge in [0.25, 0.3) is 5.91 Å². The van der Waals surface area contributed by atoms with Crippen LogP contribution in [0.15, 0.2) is 60.2 Å². The van der Waals surface area contributed by atoms with Gasteiger partial charge >= 0.3 is 0 Å². The number of rotatable bonds is 6. The maximum Gasteiger partial charge on any atom is 0.262 e. The zero-order chi connectivity index (χ0) is 21.7. The Hall–Kier alpha value is -2.68. The van der Waals surface area contributed by atoms with Gasteiger partial charge in [0.1, 0.15) is 5.76 Å². The van der Waals surface area contributed by atoms with Crippen LogP contribution in [-0.2, 0) is 21.2 Å². The summed E-state index contributed by atoms with van der Waals surface area (Å²) in [6.45, 7) is 4.98. The second kappa shape index (κ2) is 9.42. The zero-order valence-electron chi connectivity index (χ0n) is 16.9. The summed E-state index contributed by atoms with van der Waals surface area (Å²) in [4.78, 5) is 13.1. The molecule has 0 saturated carbocycles. The summed E-state index contributed by atoms with van der Waals surface area (Å²) in [7, 11) is -1.63. The normalized spacial score (nSPS) is 18.5. The molecule has 2 aromatic rings. The van der Waals surface area contributed by atoms with Gasteiger partial charge < -0.3 is 10.1 Å². The van der Waals surface area contributed by atoms with E-state index in [0.717, 1.165) is 28.5 Å². The lowest BCUT2D eigenvalue weighted by Crippen LogP contribution is -2.24. The highest BCUT2D eigenvalue weighted by Gasteiger charge is 2.21. The molecule has 8 heteroatoms. The summed E-state index contributed by atoms with van der Waals surface area (Å²) in [5, 5.41) is 4.74. The minimum absolute atomic E-state index is 0.133. The lowest BCUT2D eigenvalue weighted by Gasteiger charge is -2.18. The number of thiophene rings is 1. The van der Waals surface area contributed by atoms with Crippen LogP contribution in [0.4, 0.5) is 0 Å². The molecule has 0 radical (unpaired) electrons. The Bertz CT molecular complexity index is 1130. The van der Waals surface area contributed by atoms with Gasteiger partial charge in [-0.25, -0.2) is 13.1 Å². The van der Waals surface area contributed by atoms with Gasteiger partial charge in [-0.2, -0.15) is 0 Å². The molecule has 1 aliphatic rings. The molecule has 0 bridgehead atoms. The molecule has 1 aromatic carbocycles. The summed E-state index contributed by atoms with van der Waals surface area (Å²) in [6.07, 6.45) is 5.35. The molecule has 1 aliphatic heterocycles. The van der Waals surface area contributed by atoms with Gasteiger partial charge in [-0.15, -0.1) is 11.3 Å². The Morgan fingerprint density at radius 1 is 1.30 bits per heavy atom. The lowest BCUT2D eigenvalue weighted by atomic mass is 9.91. The number of benzene rings is 1. The van der Waals surface area contributed by atoms with Crippen molar-refractivity contribution in [2.45, 2.75) is 6.42 Å². The Balaban J connectivity index is 2.04. The van der Waals surface area contributed by atoms with E-state index in [2.05, 4.69) is 16.6 Å². The predicted molar refractivity (Wildman–Crippen MR) is 122 cm³/mol. The topological polar surface area (TPSA) is 84.5 Å². The maximum absolute atomic E-state index is 12.5. The Labute approximate surface area is 181 Å². The van der Waals surface area contributed by atoms with Crippen LogP contribution < -0.4 is 10.0 Å². The van der Waals surface area contributed by atoms with Crippen LogP contribution in [0.5, 0.6) is 0 Å². The van der Waals surface area contributed by atoms with Crippen molar-refractivity contribution in [3.63, 3.8) is 0 Å². The molecule has 0 aliphatic carbocycles. The summed E-state index contributed by atoms with van der Waals surface area (Å²) in [6, 6.07) is 9.71. The fourth-order valence-corrected chi connectivity index (χ4v) is 4.55. The highest BCUT2D eigenvalue weighted by Crippen LogP contribution is 2.37. The molecular weight excluding hydrogens is 420 g/mol. The molecule has 1 amide bonds. The monoisotopic (exact) mass is 444 g/mol. The lowest BCUT2D eigenvalue weighted by molar-refractivity contribution is 0.0961. The highest BCUT2D eigenvalue weighted by molar-refractivity contribution is 7.88. The van der Waals surface area contributed by atoms with E-state index in [1.807, 2.05) is 47.9 Å². The van der Waals surface area contributed by atoms with Crippen molar-refractivity contribution in [1.29, 1.82) is 0 Å². The first-order valence-electron chi connectivity index (χ1n) is 9.34. The van der Waals surface area contributed by atoms with Gasteiger partial charge in [0.15, 0.2) is 0 Å². The first-order chi connectivity index (χ1) is 14.3. The number of allylic oxidation sites excluding steroid dienone is 3. The molecule has 0 unspecified atom stereocenters. The average Bonchev–Trinajstić information content (AvgIpc) is 3.18. The molecule has 2 heterocycles. The SMILES string of the molecule is C=C1/C(c2cccc(CCNS(C)(=O)=O)c2)=C(OC)\C=C/CNC(=O)c2sccc21. The fraction of sp³-hybridized carbons (Fsp3) is 0.227. The maximum atomic E-state index is 12.5. The standard InChI is InChI=1S/C22H24N2O4S2/c1-15-18-10-13-29-21(18)22(25)23-11-5-8-19(28-2)20(15)17-7-4-6-16(14-17)9-12-24-30(3,26)27/h4-8,10,13-14,24H,1,9,11-12H2,2-3H3,(H,23,25)/b8-5-,20-19-. The van der Waals surface area contributed by atoms with Crippen LogP contribution in [0.25, 0.3) is 11.1 Å². The minimum Gasteiger partial charge on any atom is -0.496 e. The number of hydrogen-bond acceptors (Lipinski definition) is 5. The van der Waals surface area contributed by atoms with E-state index in [-0.39, 0.29) is 5.91 Å². The van der Waals surface area contributed by atoms with Crippen LogP contribution in [0.3, 0.4) is 0 Å². The first kappa shape index (κ1) is 22.0. The van der Waals surface area contributed by atoms with Crippen molar-refractivity contribution in [1.82, 2.24) is 10.0 Å². The average molecular weight is 445 g/mol. The number of methoxy groups -OCH3 is 1. The van der Waals surface area contributed by atoms with Gasteiger partial charge in [0, 0.05) is 24.2 Å². The number of fused-ring (bicyclic) bond motifs is 1. The van der Waals surface area contributed by atoms with Gasteiger partial charge in [-0.1, -0.05) is 36.9 Å². The van der Waals surface area contributed by atoms with E-state index >= 15 is 0 Å². The van der Waals surface area contributed by atoms with Crippen molar-refractivity contribution in [2.75, 3.05) is 26.5 Å². The number of sulfonamides is 1. The van der Waals surface area contributed by atoms with Crippen LogP contribution in [0.2, 0.25) is 0 Å². The van der Waals surface area contributed by atoms with Gasteiger partial charge in [0.05, 0.1) is 18.2 Å². The Morgan fingerprint density at radius 2 is 2.10 bits per heavy atom. The summed E-state index contributed by atoms with van der Waals surface area (Å²) in [5.74, 6) is 0.506. The summed E-state index contributed by atoms with van der Waals surface area (Å²) < 4.78 is 30.8. The molecule has 0 spiro atoms. The Kier molecular flexibility index (Phi) is 6.91. The number of hydrogen-bond donors (Lipinski definition) is 2. The predicted octanol–water partition coefficient (Wildman–Crippen LogP) is 3.21. The van der Waals surface area contributed by atoms with Crippen LogP contribution >= 0.6 is 11.3 Å². The molecule has 0 fully saturated rings. The molecule has 30 heavy (non-hydrogen) atoms. The van der Waals surface area contributed by atoms with Gasteiger partial charge in [-0.05, 0) is 40.6 Å². The van der Waals surface area contributed by atoms with Crippen LogP contribution in [0, 0.1) is 0 Å².